The molecule has 1 aromatic carbocycles. The van der Waals surface area contributed by atoms with Gasteiger partial charge in [0.15, 0.2) is 26.4 Å². The van der Waals surface area contributed by atoms with Gasteiger partial charge in [-0.05, 0) is 19.1 Å². The number of nitrogens with one attached hydrogen (secondary N) is 1. The molecule has 3 aromatic rings. The van der Waals surface area contributed by atoms with E-state index in [1.165, 1.54) is 24.5 Å². The molecule has 0 bridgehead atoms. The lowest BCUT2D eigenvalue weighted by Crippen LogP contribution is -2.17. The van der Waals surface area contributed by atoms with Crippen LogP contribution in [0.4, 0.5) is 11.5 Å². The quantitative estimate of drug-likeness (QED) is 0.706. The Hall–Kier alpha value is -3.33. The van der Waals surface area contributed by atoms with E-state index in [1.807, 2.05) is 31.2 Å². The Bertz CT molecular complexity index is 1090. The van der Waals surface area contributed by atoms with Gasteiger partial charge in [-0.1, -0.05) is 29.8 Å². The van der Waals surface area contributed by atoms with E-state index >= 15 is 0 Å². The third-order valence-electron chi connectivity index (χ3n) is 3.74. The van der Waals surface area contributed by atoms with Gasteiger partial charge >= 0.3 is 0 Å². The molecule has 3 N–H and O–H groups in total. The number of pyridine rings is 1. The van der Waals surface area contributed by atoms with Gasteiger partial charge in [-0.15, -0.1) is 0 Å². The summed E-state index contributed by atoms with van der Waals surface area (Å²) < 4.78 is 22.9. The van der Waals surface area contributed by atoms with Gasteiger partial charge in [0.1, 0.15) is 0 Å². The predicted molar refractivity (Wildman–Crippen MR) is 102 cm³/mol. The van der Waals surface area contributed by atoms with Crippen molar-refractivity contribution in [3.8, 4) is 11.3 Å². The number of rotatable bonds is 4. The first kappa shape index (κ1) is 18.5. The summed E-state index contributed by atoms with van der Waals surface area (Å²) in [7, 11) is -3.41. The average molecular weight is 383 g/mol. The second-order valence-electron chi connectivity index (χ2n) is 5.97. The van der Waals surface area contributed by atoms with Crippen molar-refractivity contribution in [3.05, 3.63) is 60.0 Å². The normalized spacial score (nSPS) is 11.2. The summed E-state index contributed by atoms with van der Waals surface area (Å²) in [5.74, 6) is -0.577. The van der Waals surface area contributed by atoms with Crippen LogP contribution in [0.3, 0.4) is 0 Å². The number of benzene rings is 1. The number of aromatic nitrogens is 3. The summed E-state index contributed by atoms with van der Waals surface area (Å²) in [6.45, 7) is 1.97. The summed E-state index contributed by atoms with van der Waals surface area (Å²) in [6, 6.07) is 10.4. The number of anilines is 2. The topological polar surface area (TPSA) is 128 Å². The van der Waals surface area contributed by atoms with Crippen LogP contribution in [0.1, 0.15) is 16.1 Å². The summed E-state index contributed by atoms with van der Waals surface area (Å²) in [5.41, 5.74) is 8.51. The minimum atomic E-state index is -3.41. The van der Waals surface area contributed by atoms with E-state index in [1.54, 1.807) is 0 Å². The van der Waals surface area contributed by atoms with Gasteiger partial charge in [0.05, 0.1) is 23.8 Å². The van der Waals surface area contributed by atoms with Crippen molar-refractivity contribution in [2.24, 2.45) is 0 Å². The highest BCUT2D eigenvalue weighted by Crippen LogP contribution is 2.20. The second kappa shape index (κ2) is 7.12. The number of nitrogens with zero attached hydrogens (tertiary/aromatic N) is 3. The second-order valence-corrected chi connectivity index (χ2v) is 7.93. The van der Waals surface area contributed by atoms with Crippen LogP contribution in [-0.4, -0.2) is 35.5 Å². The molecular formula is C18H17N5O3S. The molecule has 0 saturated carbocycles. The molecule has 0 aliphatic heterocycles. The van der Waals surface area contributed by atoms with Crippen molar-refractivity contribution < 1.29 is 13.2 Å². The van der Waals surface area contributed by atoms with E-state index in [0.29, 0.717) is 11.4 Å². The molecular weight excluding hydrogens is 366 g/mol. The van der Waals surface area contributed by atoms with Gasteiger partial charge in [0.25, 0.3) is 5.91 Å². The molecule has 0 spiro atoms. The molecule has 0 fully saturated rings. The summed E-state index contributed by atoms with van der Waals surface area (Å²) in [4.78, 5) is 24.7. The van der Waals surface area contributed by atoms with Gasteiger partial charge < -0.3 is 11.1 Å². The summed E-state index contributed by atoms with van der Waals surface area (Å²) in [5, 5.41) is 2.50. The van der Waals surface area contributed by atoms with Crippen LogP contribution >= 0.6 is 0 Å². The fourth-order valence-corrected chi connectivity index (χ4v) is 2.85. The molecule has 2 aromatic heterocycles. The van der Waals surface area contributed by atoms with E-state index in [4.69, 9.17) is 5.73 Å². The molecule has 0 aliphatic carbocycles. The van der Waals surface area contributed by atoms with Gasteiger partial charge in [0.2, 0.25) is 0 Å². The molecule has 0 radical (unpaired) electrons. The third kappa shape index (κ3) is 4.26. The first-order chi connectivity index (χ1) is 12.7. The predicted octanol–water partition coefficient (Wildman–Crippen LogP) is 2.09. The van der Waals surface area contributed by atoms with E-state index < -0.39 is 15.7 Å². The van der Waals surface area contributed by atoms with Gasteiger partial charge in [0, 0.05) is 11.8 Å². The number of carbonyl (C=O) groups excluding carboxylic acids is 1. The van der Waals surface area contributed by atoms with Crippen molar-refractivity contribution in [1.82, 2.24) is 15.0 Å². The van der Waals surface area contributed by atoms with Crippen LogP contribution in [0, 0.1) is 6.92 Å². The number of hydrogen-bond acceptors (Lipinski definition) is 7. The number of sulfone groups is 1. The lowest BCUT2D eigenvalue weighted by atomic mass is 10.1. The molecule has 0 saturated heterocycles. The van der Waals surface area contributed by atoms with Crippen molar-refractivity contribution in [3.63, 3.8) is 0 Å². The summed E-state index contributed by atoms with van der Waals surface area (Å²) in [6.07, 6.45) is 3.81. The Kier molecular flexibility index (Phi) is 4.87. The molecule has 0 unspecified atom stereocenters. The van der Waals surface area contributed by atoms with Gasteiger partial charge in [-0.2, -0.15) is 0 Å². The Balaban J connectivity index is 1.86. The molecule has 0 aliphatic rings. The first-order valence-corrected chi connectivity index (χ1v) is 9.80. The Morgan fingerprint density at radius 1 is 1.04 bits per heavy atom. The molecule has 138 valence electrons. The van der Waals surface area contributed by atoms with Crippen LogP contribution in [0.15, 0.2) is 53.8 Å². The third-order valence-corrected chi connectivity index (χ3v) is 4.74. The number of aryl methyl sites for hydroxylation is 1. The fourth-order valence-electron chi connectivity index (χ4n) is 2.29. The highest BCUT2D eigenvalue weighted by Gasteiger charge is 2.16. The lowest BCUT2D eigenvalue weighted by molar-refractivity contribution is 0.102. The maximum absolute atomic E-state index is 12.5. The minimum Gasteiger partial charge on any atom is -0.382 e. The highest BCUT2D eigenvalue weighted by molar-refractivity contribution is 7.90. The van der Waals surface area contributed by atoms with Gasteiger partial charge in [-0.25, -0.2) is 23.4 Å². The van der Waals surface area contributed by atoms with Crippen LogP contribution in [0.2, 0.25) is 0 Å². The molecule has 8 nitrogen and oxygen atoms in total. The molecule has 9 heteroatoms. The largest absolute Gasteiger partial charge is 0.382 e. The van der Waals surface area contributed by atoms with Gasteiger partial charge in [-0.3, -0.25) is 4.79 Å². The van der Waals surface area contributed by atoms with Crippen LogP contribution in [0.5, 0.6) is 0 Å². The van der Waals surface area contributed by atoms with E-state index in [9.17, 15) is 13.2 Å². The van der Waals surface area contributed by atoms with Crippen LogP contribution in [-0.2, 0) is 9.84 Å². The van der Waals surface area contributed by atoms with E-state index in [0.717, 1.165) is 17.4 Å². The molecule has 2 heterocycles. The number of hydrogen-bond donors (Lipinski definition) is 2. The molecule has 0 atom stereocenters. The molecule has 27 heavy (non-hydrogen) atoms. The Morgan fingerprint density at radius 3 is 2.33 bits per heavy atom. The highest BCUT2D eigenvalue weighted by atomic mass is 32.2. The number of amides is 1. The van der Waals surface area contributed by atoms with Crippen LogP contribution in [0.25, 0.3) is 11.3 Å². The fraction of sp³-hybridized carbons (Fsp3) is 0.111. The standard InChI is InChI=1S/C18H17N5O3S/c1-11-3-5-12(6-4-11)14-10-21-17(19)16(23-14)18(24)22-13-7-8-15(20-9-13)27(2,25)26/h3-10H,1-2H3,(H2,19,21)(H,22,24). The van der Waals surface area contributed by atoms with Crippen LogP contribution < -0.4 is 11.1 Å². The van der Waals surface area contributed by atoms with Crippen molar-refractivity contribution >= 4 is 27.2 Å². The molecule has 3 rings (SSSR count). The average Bonchev–Trinajstić information content (AvgIpc) is 2.62. The minimum absolute atomic E-state index is 0.0101. The van der Waals surface area contributed by atoms with Crippen molar-refractivity contribution in [2.45, 2.75) is 11.9 Å². The maximum atomic E-state index is 12.5. The zero-order valence-electron chi connectivity index (χ0n) is 14.7. The Labute approximate surface area is 156 Å². The maximum Gasteiger partial charge on any atom is 0.278 e. The first-order valence-electron chi connectivity index (χ1n) is 7.91. The summed E-state index contributed by atoms with van der Waals surface area (Å²) >= 11 is 0. The lowest BCUT2D eigenvalue weighted by Gasteiger charge is -2.09. The Morgan fingerprint density at radius 2 is 1.74 bits per heavy atom. The SMILES string of the molecule is Cc1ccc(-c2cnc(N)c(C(=O)Nc3ccc(S(C)(=O)=O)nc3)n2)cc1. The smallest absolute Gasteiger partial charge is 0.278 e. The zero-order chi connectivity index (χ0) is 19.6. The zero-order valence-corrected chi connectivity index (χ0v) is 15.5. The number of carbonyl (C=O) groups is 1. The monoisotopic (exact) mass is 383 g/mol. The molecule has 1 amide bonds. The van der Waals surface area contributed by atoms with Crippen molar-refractivity contribution in [1.29, 1.82) is 0 Å². The number of nitrogens with two attached hydrogens (primary N) is 1. The van der Waals surface area contributed by atoms with E-state index in [2.05, 4.69) is 20.3 Å². The van der Waals surface area contributed by atoms with Crippen molar-refractivity contribution in [2.75, 3.05) is 17.3 Å². The number of nitrogen functional groups attached to an aromatic ring is 1. The van der Waals surface area contributed by atoms with E-state index in [-0.39, 0.29) is 16.5 Å².